The van der Waals surface area contributed by atoms with Crippen LogP contribution in [0.4, 0.5) is 4.39 Å². The van der Waals surface area contributed by atoms with Crippen LogP contribution in [-0.4, -0.2) is 11.7 Å². The third-order valence-corrected chi connectivity index (χ3v) is 3.58. The molecule has 0 saturated heterocycles. The Bertz CT molecular complexity index is 630. The molecule has 0 aromatic heterocycles. The highest BCUT2D eigenvalue weighted by molar-refractivity contribution is 5.44. The number of aromatic hydroxyl groups is 1. The summed E-state index contributed by atoms with van der Waals surface area (Å²) in [6.45, 7) is 2.51. The van der Waals surface area contributed by atoms with Crippen LogP contribution in [-0.2, 0) is 0 Å². The molecule has 0 radical (unpaired) electrons. The third kappa shape index (κ3) is 2.47. The molecular weight excluding hydrogens is 257 g/mol. The number of fused-ring (bicyclic) bond motifs is 1. The standard InChI is InChI=1S/C16H16FNO2/c1-10(11-3-2-4-12(17)7-11)18-15-9-20-16-8-13(19)5-6-14(15)16/h2-8,10,15,18-19H,9H2,1H3. The van der Waals surface area contributed by atoms with Gasteiger partial charge in [0.15, 0.2) is 0 Å². The molecule has 0 aliphatic carbocycles. The van der Waals surface area contributed by atoms with Gasteiger partial charge in [0.1, 0.15) is 23.9 Å². The lowest BCUT2D eigenvalue weighted by Crippen LogP contribution is -2.25. The van der Waals surface area contributed by atoms with Gasteiger partial charge in [-0.1, -0.05) is 12.1 Å². The number of ether oxygens (including phenoxy) is 1. The van der Waals surface area contributed by atoms with Crippen molar-refractivity contribution in [2.45, 2.75) is 19.0 Å². The Kier molecular flexibility index (Phi) is 3.32. The van der Waals surface area contributed by atoms with Gasteiger partial charge in [-0.2, -0.15) is 0 Å². The van der Waals surface area contributed by atoms with Gasteiger partial charge < -0.3 is 15.2 Å². The summed E-state index contributed by atoms with van der Waals surface area (Å²) in [6.07, 6.45) is 0. The molecule has 1 heterocycles. The normalized spacial score (nSPS) is 18.4. The maximum Gasteiger partial charge on any atom is 0.127 e. The van der Waals surface area contributed by atoms with Crippen molar-refractivity contribution in [1.29, 1.82) is 0 Å². The summed E-state index contributed by atoms with van der Waals surface area (Å²) in [5.41, 5.74) is 1.92. The van der Waals surface area contributed by atoms with Crippen molar-refractivity contribution in [3.63, 3.8) is 0 Å². The maximum atomic E-state index is 13.2. The second-order valence-corrected chi connectivity index (χ2v) is 5.03. The quantitative estimate of drug-likeness (QED) is 0.901. The molecule has 2 aromatic rings. The zero-order valence-electron chi connectivity index (χ0n) is 11.1. The molecule has 0 amide bonds. The average Bonchev–Trinajstić information content (AvgIpc) is 2.81. The van der Waals surface area contributed by atoms with E-state index in [1.807, 2.05) is 19.1 Å². The first-order chi connectivity index (χ1) is 9.63. The monoisotopic (exact) mass is 273 g/mol. The molecule has 0 saturated carbocycles. The molecule has 20 heavy (non-hydrogen) atoms. The Labute approximate surface area is 117 Å². The predicted molar refractivity (Wildman–Crippen MR) is 74.3 cm³/mol. The Morgan fingerprint density at radius 1 is 1.30 bits per heavy atom. The highest BCUT2D eigenvalue weighted by Gasteiger charge is 2.25. The van der Waals surface area contributed by atoms with E-state index in [1.54, 1.807) is 18.2 Å². The van der Waals surface area contributed by atoms with Crippen LogP contribution >= 0.6 is 0 Å². The minimum atomic E-state index is -0.232. The Morgan fingerprint density at radius 2 is 2.15 bits per heavy atom. The van der Waals surface area contributed by atoms with Gasteiger partial charge in [-0.15, -0.1) is 0 Å². The number of nitrogens with one attached hydrogen (secondary N) is 1. The van der Waals surface area contributed by atoms with Crippen molar-refractivity contribution in [2.75, 3.05) is 6.61 Å². The number of halogens is 1. The first kappa shape index (κ1) is 12.9. The smallest absolute Gasteiger partial charge is 0.127 e. The van der Waals surface area contributed by atoms with Crippen LogP contribution in [0.3, 0.4) is 0 Å². The van der Waals surface area contributed by atoms with E-state index >= 15 is 0 Å². The molecule has 2 aromatic carbocycles. The molecule has 3 rings (SSSR count). The molecular formula is C16H16FNO2. The topological polar surface area (TPSA) is 41.5 Å². The van der Waals surface area contributed by atoms with Gasteiger partial charge in [-0.25, -0.2) is 4.39 Å². The highest BCUT2D eigenvalue weighted by Crippen LogP contribution is 2.36. The number of phenolic OH excluding ortho intramolecular Hbond substituents is 1. The average molecular weight is 273 g/mol. The van der Waals surface area contributed by atoms with Crippen molar-refractivity contribution < 1.29 is 14.2 Å². The van der Waals surface area contributed by atoms with Crippen LogP contribution in [0, 0.1) is 5.82 Å². The Hall–Kier alpha value is -2.07. The first-order valence-corrected chi connectivity index (χ1v) is 6.61. The fourth-order valence-electron chi connectivity index (χ4n) is 2.51. The van der Waals surface area contributed by atoms with Crippen LogP contribution in [0.5, 0.6) is 11.5 Å². The van der Waals surface area contributed by atoms with Crippen LogP contribution < -0.4 is 10.1 Å². The van der Waals surface area contributed by atoms with Crippen molar-refractivity contribution in [1.82, 2.24) is 5.32 Å². The van der Waals surface area contributed by atoms with E-state index in [9.17, 15) is 9.50 Å². The molecule has 1 aliphatic rings. The molecule has 0 fully saturated rings. The van der Waals surface area contributed by atoms with Crippen molar-refractivity contribution in [3.05, 3.63) is 59.4 Å². The number of rotatable bonds is 3. The fourth-order valence-corrected chi connectivity index (χ4v) is 2.51. The summed E-state index contributed by atoms with van der Waals surface area (Å²) in [5, 5.41) is 12.9. The van der Waals surface area contributed by atoms with Gasteiger partial charge in [0.2, 0.25) is 0 Å². The van der Waals surface area contributed by atoms with E-state index in [0.717, 1.165) is 11.1 Å². The predicted octanol–water partition coefficient (Wildman–Crippen LogP) is 3.32. The minimum Gasteiger partial charge on any atom is -0.508 e. The van der Waals surface area contributed by atoms with Gasteiger partial charge in [0, 0.05) is 17.7 Å². The molecule has 0 bridgehead atoms. The lowest BCUT2D eigenvalue weighted by atomic mass is 10.0. The summed E-state index contributed by atoms with van der Waals surface area (Å²) >= 11 is 0. The van der Waals surface area contributed by atoms with Crippen molar-refractivity contribution in [3.8, 4) is 11.5 Å². The molecule has 4 heteroatoms. The molecule has 1 aliphatic heterocycles. The van der Waals surface area contributed by atoms with Gasteiger partial charge >= 0.3 is 0 Å². The van der Waals surface area contributed by atoms with Crippen LogP contribution in [0.15, 0.2) is 42.5 Å². The van der Waals surface area contributed by atoms with Gasteiger partial charge in [-0.3, -0.25) is 0 Å². The lowest BCUT2D eigenvalue weighted by Gasteiger charge is -2.19. The minimum absolute atomic E-state index is 0.0130. The van der Waals surface area contributed by atoms with Gasteiger partial charge in [0.25, 0.3) is 0 Å². The highest BCUT2D eigenvalue weighted by atomic mass is 19.1. The second kappa shape index (κ2) is 5.13. The largest absolute Gasteiger partial charge is 0.508 e. The van der Waals surface area contributed by atoms with Gasteiger partial charge in [-0.05, 0) is 36.8 Å². The van der Waals surface area contributed by atoms with Crippen LogP contribution in [0.2, 0.25) is 0 Å². The summed E-state index contributed by atoms with van der Waals surface area (Å²) in [4.78, 5) is 0. The number of benzene rings is 2. The second-order valence-electron chi connectivity index (χ2n) is 5.03. The molecule has 104 valence electrons. The van der Waals surface area contributed by atoms with E-state index < -0.39 is 0 Å². The summed E-state index contributed by atoms with van der Waals surface area (Å²) in [6, 6.07) is 11.8. The molecule has 2 atom stereocenters. The summed E-state index contributed by atoms with van der Waals surface area (Å²) in [5.74, 6) is 0.667. The lowest BCUT2D eigenvalue weighted by molar-refractivity contribution is 0.300. The molecule has 2 unspecified atom stereocenters. The SMILES string of the molecule is CC(NC1COc2cc(O)ccc21)c1cccc(F)c1. The van der Waals surface area contributed by atoms with Crippen LogP contribution in [0.25, 0.3) is 0 Å². The molecule has 3 nitrogen and oxygen atoms in total. The van der Waals surface area contributed by atoms with E-state index in [0.29, 0.717) is 12.4 Å². The van der Waals surface area contributed by atoms with E-state index in [-0.39, 0.29) is 23.7 Å². The maximum absolute atomic E-state index is 13.2. The fraction of sp³-hybridized carbons (Fsp3) is 0.250. The number of hydrogen-bond acceptors (Lipinski definition) is 3. The molecule has 2 N–H and O–H groups in total. The first-order valence-electron chi connectivity index (χ1n) is 6.61. The Morgan fingerprint density at radius 3 is 2.95 bits per heavy atom. The Balaban J connectivity index is 1.77. The van der Waals surface area contributed by atoms with E-state index in [4.69, 9.17) is 4.74 Å². The molecule has 0 spiro atoms. The van der Waals surface area contributed by atoms with E-state index in [1.165, 1.54) is 12.1 Å². The summed E-state index contributed by atoms with van der Waals surface area (Å²) < 4.78 is 18.8. The zero-order valence-corrected chi connectivity index (χ0v) is 11.1. The van der Waals surface area contributed by atoms with Crippen LogP contribution in [0.1, 0.15) is 30.1 Å². The zero-order chi connectivity index (χ0) is 14.1. The van der Waals surface area contributed by atoms with Gasteiger partial charge in [0.05, 0.1) is 6.04 Å². The number of phenols is 1. The third-order valence-electron chi connectivity index (χ3n) is 3.58. The van der Waals surface area contributed by atoms with Crippen molar-refractivity contribution in [2.24, 2.45) is 0 Å². The van der Waals surface area contributed by atoms with E-state index in [2.05, 4.69) is 5.32 Å². The summed E-state index contributed by atoms with van der Waals surface area (Å²) in [7, 11) is 0. The number of hydrogen-bond donors (Lipinski definition) is 2. The van der Waals surface area contributed by atoms with Crippen molar-refractivity contribution >= 4 is 0 Å².